The third-order valence-corrected chi connectivity index (χ3v) is 2.79. The molecule has 0 saturated carbocycles. The first-order chi connectivity index (χ1) is 7.56. The average Bonchev–Trinajstić information content (AvgIpc) is 2.28. The van der Waals surface area contributed by atoms with E-state index in [4.69, 9.17) is 4.74 Å². The molecule has 0 aliphatic carbocycles. The van der Waals surface area contributed by atoms with Crippen LogP contribution in [0.15, 0.2) is 0 Å². The van der Waals surface area contributed by atoms with Crippen molar-refractivity contribution in [2.45, 2.75) is 19.9 Å². The minimum absolute atomic E-state index is 0.00758. The Kier molecular flexibility index (Phi) is 4.89. The SMILES string of the molecule is CNC(=O)C1COCCN1CC(=O)C(C)C. The lowest BCUT2D eigenvalue weighted by molar-refractivity contribution is -0.135. The summed E-state index contributed by atoms with van der Waals surface area (Å²) in [6, 6.07) is -0.332. The second kappa shape index (κ2) is 5.96. The second-order valence-electron chi connectivity index (χ2n) is 4.30. The molecule has 5 nitrogen and oxygen atoms in total. The molecule has 0 bridgehead atoms. The Morgan fingerprint density at radius 3 is 2.75 bits per heavy atom. The molecule has 0 aromatic rings. The van der Waals surface area contributed by atoms with Crippen LogP contribution in [0.3, 0.4) is 0 Å². The first-order valence-electron chi connectivity index (χ1n) is 5.62. The minimum Gasteiger partial charge on any atom is -0.378 e. The van der Waals surface area contributed by atoms with Gasteiger partial charge in [0.05, 0.1) is 19.8 Å². The maximum absolute atomic E-state index is 11.7. The summed E-state index contributed by atoms with van der Waals surface area (Å²) in [6.45, 7) is 5.66. The highest BCUT2D eigenvalue weighted by Gasteiger charge is 2.30. The number of carbonyl (C=O) groups is 2. The van der Waals surface area contributed by atoms with Crippen molar-refractivity contribution in [2.75, 3.05) is 33.4 Å². The minimum atomic E-state index is -0.332. The van der Waals surface area contributed by atoms with Gasteiger partial charge in [0, 0.05) is 19.5 Å². The number of ketones is 1. The molecule has 1 atom stereocenters. The molecule has 1 aliphatic rings. The van der Waals surface area contributed by atoms with Gasteiger partial charge < -0.3 is 10.1 Å². The van der Waals surface area contributed by atoms with E-state index in [0.29, 0.717) is 26.3 Å². The highest BCUT2D eigenvalue weighted by atomic mass is 16.5. The quantitative estimate of drug-likeness (QED) is 0.715. The number of likely N-dealkylation sites (N-methyl/N-ethyl adjacent to an activating group) is 1. The van der Waals surface area contributed by atoms with Gasteiger partial charge in [-0.2, -0.15) is 0 Å². The van der Waals surface area contributed by atoms with Gasteiger partial charge in [-0.1, -0.05) is 13.8 Å². The number of hydrogen-bond acceptors (Lipinski definition) is 4. The van der Waals surface area contributed by atoms with Gasteiger partial charge in [-0.15, -0.1) is 0 Å². The van der Waals surface area contributed by atoms with Crippen LogP contribution in [0.4, 0.5) is 0 Å². The molecule has 1 N–H and O–H groups in total. The molecule has 1 rings (SSSR count). The molecular weight excluding hydrogens is 208 g/mol. The Morgan fingerprint density at radius 2 is 2.19 bits per heavy atom. The molecule has 16 heavy (non-hydrogen) atoms. The lowest BCUT2D eigenvalue weighted by Crippen LogP contribution is -2.54. The van der Waals surface area contributed by atoms with Crippen molar-refractivity contribution < 1.29 is 14.3 Å². The number of amides is 1. The number of nitrogens with one attached hydrogen (secondary N) is 1. The smallest absolute Gasteiger partial charge is 0.239 e. The summed E-state index contributed by atoms with van der Waals surface area (Å²) in [5.74, 6) is 0.0836. The summed E-state index contributed by atoms with van der Waals surface area (Å²) in [6.07, 6.45) is 0. The molecule has 1 saturated heterocycles. The summed E-state index contributed by atoms with van der Waals surface area (Å²) in [5, 5.41) is 2.60. The van der Waals surface area contributed by atoms with Gasteiger partial charge in [-0.25, -0.2) is 0 Å². The van der Waals surface area contributed by atoms with Crippen LogP contribution in [0.5, 0.6) is 0 Å². The number of carbonyl (C=O) groups excluding carboxylic acids is 2. The summed E-state index contributed by atoms with van der Waals surface area (Å²) in [4.78, 5) is 25.1. The first-order valence-corrected chi connectivity index (χ1v) is 5.62. The van der Waals surface area contributed by atoms with E-state index in [0.717, 1.165) is 0 Å². The lowest BCUT2D eigenvalue weighted by Gasteiger charge is -2.33. The normalized spacial score (nSPS) is 22.1. The number of nitrogens with zero attached hydrogens (tertiary/aromatic N) is 1. The van der Waals surface area contributed by atoms with Crippen LogP contribution in [-0.4, -0.2) is 56.0 Å². The number of rotatable bonds is 4. The highest BCUT2D eigenvalue weighted by Crippen LogP contribution is 2.08. The van der Waals surface area contributed by atoms with E-state index in [1.165, 1.54) is 0 Å². The maximum Gasteiger partial charge on any atom is 0.239 e. The zero-order chi connectivity index (χ0) is 12.1. The van der Waals surface area contributed by atoms with E-state index in [2.05, 4.69) is 5.32 Å². The van der Waals surface area contributed by atoms with Crippen molar-refractivity contribution in [3.63, 3.8) is 0 Å². The van der Waals surface area contributed by atoms with E-state index < -0.39 is 0 Å². The van der Waals surface area contributed by atoms with E-state index in [9.17, 15) is 9.59 Å². The van der Waals surface area contributed by atoms with Crippen LogP contribution in [0, 0.1) is 5.92 Å². The predicted octanol–water partition coefficient (Wildman–Crippen LogP) is -0.342. The Labute approximate surface area is 96.1 Å². The van der Waals surface area contributed by atoms with Gasteiger partial charge in [0.15, 0.2) is 0 Å². The Hall–Kier alpha value is -0.940. The summed E-state index contributed by atoms with van der Waals surface area (Å²) in [5.41, 5.74) is 0. The molecule has 1 aliphatic heterocycles. The number of Topliss-reactive ketones (excluding diaryl/α,β-unsaturated/α-hetero) is 1. The first kappa shape index (κ1) is 13.1. The zero-order valence-corrected chi connectivity index (χ0v) is 10.2. The van der Waals surface area contributed by atoms with Crippen LogP contribution in [0.25, 0.3) is 0 Å². The molecule has 1 heterocycles. The third-order valence-electron chi connectivity index (χ3n) is 2.79. The summed E-state index contributed by atoms with van der Waals surface area (Å²) in [7, 11) is 1.60. The summed E-state index contributed by atoms with van der Waals surface area (Å²) < 4.78 is 5.26. The fraction of sp³-hybridized carbons (Fsp3) is 0.818. The topological polar surface area (TPSA) is 58.6 Å². The average molecular weight is 228 g/mol. The molecule has 92 valence electrons. The molecule has 1 amide bonds. The largest absolute Gasteiger partial charge is 0.378 e. The zero-order valence-electron chi connectivity index (χ0n) is 10.2. The van der Waals surface area contributed by atoms with Crippen LogP contribution in [0.2, 0.25) is 0 Å². The monoisotopic (exact) mass is 228 g/mol. The Balaban J connectivity index is 2.60. The van der Waals surface area contributed by atoms with Crippen LogP contribution >= 0.6 is 0 Å². The van der Waals surface area contributed by atoms with Crippen LogP contribution in [0.1, 0.15) is 13.8 Å². The molecule has 5 heteroatoms. The van der Waals surface area contributed by atoms with E-state index >= 15 is 0 Å². The predicted molar refractivity (Wildman–Crippen MR) is 60.1 cm³/mol. The lowest BCUT2D eigenvalue weighted by atomic mass is 10.1. The van der Waals surface area contributed by atoms with E-state index in [1.54, 1.807) is 7.05 Å². The van der Waals surface area contributed by atoms with Gasteiger partial charge in [0.1, 0.15) is 11.8 Å². The van der Waals surface area contributed by atoms with Crippen molar-refractivity contribution >= 4 is 11.7 Å². The summed E-state index contributed by atoms with van der Waals surface area (Å²) >= 11 is 0. The van der Waals surface area contributed by atoms with Crippen molar-refractivity contribution in [2.24, 2.45) is 5.92 Å². The maximum atomic E-state index is 11.7. The van der Waals surface area contributed by atoms with Crippen molar-refractivity contribution in [3.8, 4) is 0 Å². The molecular formula is C11H20N2O3. The van der Waals surface area contributed by atoms with Crippen molar-refractivity contribution in [1.29, 1.82) is 0 Å². The number of hydrogen-bond donors (Lipinski definition) is 1. The molecule has 0 aromatic heterocycles. The highest BCUT2D eigenvalue weighted by molar-refractivity contribution is 5.85. The van der Waals surface area contributed by atoms with E-state index in [-0.39, 0.29) is 23.7 Å². The fourth-order valence-corrected chi connectivity index (χ4v) is 1.62. The standard InChI is InChI=1S/C11H20N2O3/c1-8(2)10(14)6-13-4-5-16-7-9(13)11(15)12-3/h8-9H,4-7H2,1-3H3,(H,12,15). The molecule has 1 fully saturated rings. The fourth-order valence-electron chi connectivity index (χ4n) is 1.62. The molecule has 0 aromatic carbocycles. The van der Waals surface area contributed by atoms with Gasteiger partial charge in [0.2, 0.25) is 5.91 Å². The van der Waals surface area contributed by atoms with Gasteiger partial charge in [-0.05, 0) is 0 Å². The van der Waals surface area contributed by atoms with Gasteiger partial charge in [0.25, 0.3) is 0 Å². The van der Waals surface area contributed by atoms with Gasteiger partial charge >= 0.3 is 0 Å². The third kappa shape index (κ3) is 3.28. The second-order valence-corrected chi connectivity index (χ2v) is 4.30. The Bertz CT molecular complexity index is 266. The van der Waals surface area contributed by atoms with Crippen LogP contribution < -0.4 is 5.32 Å². The van der Waals surface area contributed by atoms with Gasteiger partial charge in [-0.3, -0.25) is 14.5 Å². The molecule has 0 spiro atoms. The van der Waals surface area contributed by atoms with E-state index in [1.807, 2.05) is 18.7 Å². The Morgan fingerprint density at radius 1 is 1.50 bits per heavy atom. The molecule has 0 radical (unpaired) electrons. The number of morpholine rings is 1. The number of ether oxygens (including phenoxy) is 1. The van der Waals surface area contributed by atoms with Crippen LogP contribution in [-0.2, 0) is 14.3 Å². The van der Waals surface area contributed by atoms with Crippen molar-refractivity contribution in [1.82, 2.24) is 10.2 Å². The molecule has 1 unspecified atom stereocenters. The van der Waals surface area contributed by atoms with Crippen molar-refractivity contribution in [3.05, 3.63) is 0 Å².